The van der Waals surface area contributed by atoms with Gasteiger partial charge in [0.1, 0.15) is 5.75 Å². The Labute approximate surface area is 110 Å². The molecule has 2 aliphatic rings. The van der Waals surface area contributed by atoms with Crippen molar-refractivity contribution in [3.05, 3.63) is 29.3 Å². The monoisotopic (exact) mass is 245 g/mol. The zero-order valence-electron chi connectivity index (χ0n) is 11.2. The summed E-state index contributed by atoms with van der Waals surface area (Å²) in [6.07, 6.45) is 6.42. The van der Waals surface area contributed by atoms with E-state index in [2.05, 4.69) is 30.4 Å². The number of hydrogen-bond donors (Lipinski definition) is 1. The number of rotatable bonds is 5. The molecule has 1 fully saturated rings. The molecule has 98 valence electrons. The van der Waals surface area contributed by atoms with Crippen LogP contribution in [-0.4, -0.2) is 13.2 Å². The van der Waals surface area contributed by atoms with Gasteiger partial charge in [-0.1, -0.05) is 19.1 Å². The molecule has 3 rings (SSSR count). The summed E-state index contributed by atoms with van der Waals surface area (Å²) in [5.74, 6) is 1.97. The van der Waals surface area contributed by atoms with Crippen molar-refractivity contribution in [3.63, 3.8) is 0 Å². The first-order valence-electron chi connectivity index (χ1n) is 7.36. The van der Waals surface area contributed by atoms with Gasteiger partial charge in [0.05, 0.1) is 6.61 Å². The number of nitrogens with one attached hydrogen (secondary N) is 1. The van der Waals surface area contributed by atoms with Crippen molar-refractivity contribution in [1.82, 2.24) is 5.32 Å². The molecule has 0 heterocycles. The molecule has 2 aliphatic carbocycles. The van der Waals surface area contributed by atoms with Crippen LogP contribution in [0.4, 0.5) is 0 Å². The smallest absolute Gasteiger partial charge is 0.122 e. The molecule has 2 nitrogen and oxygen atoms in total. The highest BCUT2D eigenvalue weighted by atomic mass is 16.5. The second-order valence-corrected chi connectivity index (χ2v) is 5.58. The third-order valence-electron chi connectivity index (χ3n) is 4.09. The van der Waals surface area contributed by atoms with Crippen LogP contribution in [0.1, 0.15) is 49.8 Å². The third-order valence-corrected chi connectivity index (χ3v) is 4.09. The quantitative estimate of drug-likeness (QED) is 0.857. The molecule has 1 saturated carbocycles. The lowest BCUT2D eigenvalue weighted by molar-refractivity contribution is 0.294. The highest BCUT2D eigenvalue weighted by Crippen LogP contribution is 2.36. The van der Waals surface area contributed by atoms with Gasteiger partial charge >= 0.3 is 0 Å². The second kappa shape index (κ2) is 5.31. The fourth-order valence-corrected chi connectivity index (χ4v) is 2.90. The van der Waals surface area contributed by atoms with Gasteiger partial charge in [0.15, 0.2) is 0 Å². The Morgan fingerprint density at radius 2 is 2.17 bits per heavy atom. The minimum Gasteiger partial charge on any atom is -0.493 e. The average molecular weight is 245 g/mol. The normalized spacial score (nSPS) is 22.6. The molecule has 0 amide bonds. The maximum absolute atomic E-state index is 6.03. The van der Waals surface area contributed by atoms with Gasteiger partial charge in [0.2, 0.25) is 0 Å². The van der Waals surface area contributed by atoms with E-state index in [4.69, 9.17) is 4.74 Å². The zero-order chi connectivity index (χ0) is 12.4. The Morgan fingerprint density at radius 1 is 1.28 bits per heavy atom. The van der Waals surface area contributed by atoms with E-state index < -0.39 is 0 Å². The Hall–Kier alpha value is -1.02. The van der Waals surface area contributed by atoms with Gasteiger partial charge in [0.25, 0.3) is 0 Å². The highest BCUT2D eigenvalue weighted by Gasteiger charge is 2.25. The van der Waals surface area contributed by atoms with Crippen molar-refractivity contribution in [1.29, 1.82) is 0 Å². The number of fused-ring (bicyclic) bond motifs is 1. The maximum atomic E-state index is 6.03. The summed E-state index contributed by atoms with van der Waals surface area (Å²) in [7, 11) is 0. The van der Waals surface area contributed by atoms with Gasteiger partial charge in [-0.25, -0.2) is 0 Å². The standard InChI is InChI=1S/C16H23NO/c1-2-17-15-7-3-6-14-13(15)5-4-8-16(14)18-11-12-9-10-12/h4-5,8,12,15,17H,2-3,6-7,9-11H2,1H3. The number of hydrogen-bond acceptors (Lipinski definition) is 2. The van der Waals surface area contributed by atoms with Crippen LogP contribution in [0.3, 0.4) is 0 Å². The first-order valence-corrected chi connectivity index (χ1v) is 7.36. The Kier molecular flexibility index (Phi) is 3.55. The van der Waals surface area contributed by atoms with Gasteiger partial charge in [-0.15, -0.1) is 0 Å². The lowest BCUT2D eigenvalue weighted by atomic mass is 9.87. The van der Waals surface area contributed by atoms with Crippen LogP contribution in [0.15, 0.2) is 18.2 Å². The van der Waals surface area contributed by atoms with Crippen LogP contribution in [0.2, 0.25) is 0 Å². The minimum absolute atomic E-state index is 0.531. The third kappa shape index (κ3) is 2.54. The Bertz CT molecular complexity index is 412. The second-order valence-electron chi connectivity index (χ2n) is 5.58. The van der Waals surface area contributed by atoms with Crippen molar-refractivity contribution in [2.75, 3.05) is 13.2 Å². The number of benzene rings is 1. The predicted molar refractivity (Wildman–Crippen MR) is 74.0 cm³/mol. The van der Waals surface area contributed by atoms with E-state index in [0.717, 1.165) is 24.8 Å². The van der Waals surface area contributed by atoms with E-state index >= 15 is 0 Å². The van der Waals surface area contributed by atoms with Gasteiger partial charge in [-0.3, -0.25) is 0 Å². The SMILES string of the molecule is CCNC1CCCc2c(OCC3CC3)cccc21. The van der Waals surface area contributed by atoms with Gasteiger partial charge in [-0.2, -0.15) is 0 Å². The summed E-state index contributed by atoms with van der Waals surface area (Å²) in [4.78, 5) is 0. The summed E-state index contributed by atoms with van der Waals surface area (Å²) in [5, 5.41) is 3.59. The van der Waals surface area contributed by atoms with Crippen molar-refractivity contribution in [2.24, 2.45) is 5.92 Å². The van der Waals surface area contributed by atoms with Crippen molar-refractivity contribution in [3.8, 4) is 5.75 Å². The molecular formula is C16H23NO. The van der Waals surface area contributed by atoms with Crippen LogP contribution in [0.5, 0.6) is 5.75 Å². The molecule has 1 atom stereocenters. The van der Waals surface area contributed by atoms with Gasteiger partial charge in [0, 0.05) is 6.04 Å². The van der Waals surface area contributed by atoms with Crippen molar-refractivity contribution >= 4 is 0 Å². The highest BCUT2D eigenvalue weighted by molar-refractivity contribution is 5.43. The molecule has 0 bridgehead atoms. The fraction of sp³-hybridized carbons (Fsp3) is 0.625. The van der Waals surface area contributed by atoms with E-state index in [9.17, 15) is 0 Å². The lowest BCUT2D eigenvalue weighted by Crippen LogP contribution is -2.25. The van der Waals surface area contributed by atoms with Crippen LogP contribution in [-0.2, 0) is 6.42 Å². The van der Waals surface area contributed by atoms with Crippen LogP contribution in [0, 0.1) is 5.92 Å². The molecule has 1 N–H and O–H groups in total. The van der Waals surface area contributed by atoms with E-state index in [-0.39, 0.29) is 0 Å². The fourth-order valence-electron chi connectivity index (χ4n) is 2.90. The topological polar surface area (TPSA) is 21.3 Å². The zero-order valence-corrected chi connectivity index (χ0v) is 11.2. The van der Waals surface area contributed by atoms with E-state index in [1.807, 2.05) is 0 Å². The molecule has 0 spiro atoms. The molecule has 2 heteroatoms. The van der Waals surface area contributed by atoms with E-state index in [0.29, 0.717) is 6.04 Å². The van der Waals surface area contributed by atoms with E-state index in [1.54, 1.807) is 0 Å². The predicted octanol–water partition coefficient (Wildman–Crippen LogP) is 3.46. The maximum Gasteiger partial charge on any atom is 0.122 e. The first kappa shape index (κ1) is 12.0. The van der Waals surface area contributed by atoms with Gasteiger partial charge < -0.3 is 10.1 Å². The molecule has 0 saturated heterocycles. The Morgan fingerprint density at radius 3 is 2.94 bits per heavy atom. The van der Waals surface area contributed by atoms with Crippen LogP contribution < -0.4 is 10.1 Å². The Balaban J connectivity index is 1.79. The largest absolute Gasteiger partial charge is 0.493 e. The van der Waals surface area contributed by atoms with Crippen molar-refractivity contribution < 1.29 is 4.74 Å². The number of ether oxygens (including phenoxy) is 1. The molecule has 18 heavy (non-hydrogen) atoms. The van der Waals surface area contributed by atoms with E-state index in [1.165, 1.54) is 43.2 Å². The van der Waals surface area contributed by atoms with Gasteiger partial charge in [-0.05, 0) is 61.8 Å². The molecule has 0 radical (unpaired) electrons. The molecule has 1 aromatic rings. The summed E-state index contributed by atoms with van der Waals surface area (Å²) >= 11 is 0. The molecule has 0 aliphatic heterocycles. The van der Waals surface area contributed by atoms with Crippen molar-refractivity contribution in [2.45, 2.75) is 45.1 Å². The molecular weight excluding hydrogens is 222 g/mol. The lowest BCUT2D eigenvalue weighted by Gasteiger charge is -2.27. The summed E-state index contributed by atoms with van der Waals surface area (Å²) < 4.78 is 6.03. The molecule has 1 unspecified atom stereocenters. The van der Waals surface area contributed by atoms with Crippen LogP contribution in [0.25, 0.3) is 0 Å². The summed E-state index contributed by atoms with van der Waals surface area (Å²) in [6, 6.07) is 7.10. The summed E-state index contributed by atoms with van der Waals surface area (Å²) in [6.45, 7) is 4.14. The average Bonchev–Trinajstić information content (AvgIpc) is 3.21. The minimum atomic E-state index is 0.531. The first-order chi connectivity index (χ1) is 8.88. The summed E-state index contributed by atoms with van der Waals surface area (Å²) in [5.41, 5.74) is 2.92. The van der Waals surface area contributed by atoms with Crippen LogP contribution >= 0.6 is 0 Å². The molecule has 1 aromatic carbocycles. The molecule has 0 aromatic heterocycles.